The van der Waals surface area contributed by atoms with Gasteiger partial charge in [-0.3, -0.25) is 0 Å². The highest BCUT2D eigenvalue weighted by molar-refractivity contribution is 7.09. The topological polar surface area (TPSA) is 14.2 Å². The molecule has 2 nitrogen and oxygen atoms in total. The number of hydrogen-bond donors (Lipinski definition) is 0. The second-order valence-corrected chi connectivity index (χ2v) is 4.54. The van der Waals surface area contributed by atoms with Crippen LogP contribution in [-0.2, 0) is 6.61 Å². The summed E-state index contributed by atoms with van der Waals surface area (Å²) in [5.41, 5.74) is 0. The minimum Gasteiger partial charge on any atom is -0.408 e. The third kappa shape index (κ3) is 1.82. The van der Waals surface area contributed by atoms with Crippen LogP contribution in [0.3, 0.4) is 0 Å². The standard InChI is InChI=1S/C13H10NOS/c1-2-5-12-9-14(8-11(12)4-1)15-10-13-6-3-7-16-13/h1-8H,10H2. The number of rotatable bonds is 3. The fourth-order valence-electron chi connectivity index (χ4n) is 1.59. The van der Waals surface area contributed by atoms with E-state index in [-0.39, 0.29) is 0 Å². The lowest BCUT2D eigenvalue weighted by Crippen LogP contribution is -2.07. The Morgan fingerprint density at radius 3 is 2.94 bits per heavy atom. The van der Waals surface area contributed by atoms with Crippen LogP contribution in [0.25, 0.3) is 10.8 Å². The van der Waals surface area contributed by atoms with Crippen LogP contribution < -0.4 is 4.84 Å². The molecule has 2 aromatic heterocycles. The highest BCUT2D eigenvalue weighted by atomic mass is 32.1. The van der Waals surface area contributed by atoms with E-state index in [0.29, 0.717) is 6.61 Å². The minimum absolute atomic E-state index is 0.592. The fraction of sp³-hybridized carbons (Fsp3) is 0.0769. The fourth-order valence-corrected chi connectivity index (χ4v) is 2.20. The van der Waals surface area contributed by atoms with Crippen molar-refractivity contribution in [2.45, 2.75) is 6.61 Å². The molecule has 0 atom stereocenters. The van der Waals surface area contributed by atoms with E-state index in [0.717, 1.165) is 10.8 Å². The van der Waals surface area contributed by atoms with Crippen molar-refractivity contribution in [1.29, 1.82) is 0 Å². The molecule has 0 unspecified atom stereocenters. The van der Waals surface area contributed by atoms with Crippen molar-refractivity contribution in [1.82, 2.24) is 4.73 Å². The van der Waals surface area contributed by atoms with Gasteiger partial charge in [0.2, 0.25) is 0 Å². The maximum absolute atomic E-state index is 5.61. The molecule has 0 aliphatic rings. The van der Waals surface area contributed by atoms with Gasteiger partial charge in [0, 0.05) is 15.6 Å². The zero-order chi connectivity index (χ0) is 10.8. The summed E-state index contributed by atoms with van der Waals surface area (Å²) in [5, 5.41) is 4.27. The first-order chi connectivity index (χ1) is 7.92. The molecule has 0 fully saturated rings. The number of benzene rings is 1. The molecule has 16 heavy (non-hydrogen) atoms. The summed E-state index contributed by atoms with van der Waals surface area (Å²) in [7, 11) is 0. The normalized spacial score (nSPS) is 10.8. The Balaban J connectivity index is 1.79. The van der Waals surface area contributed by atoms with Gasteiger partial charge in [-0.1, -0.05) is 30.3 Å². The number of thiophene rings is 1. The van der Waals surface area contributed by atoms with Crippen molar-refractivity contribution in [2.75, 3.05) is 0 Å². The third-order valence-electron chi connectivity index (χ3n) is 2.37. The van der Waals surface area contributed by atoms with Gasteiger partial charge in [-0.15, -0.1) is 11.3 Å². The predicted octanol–water partition coefficient (Wildman–Crippen LogP) is 3.13. The van der Waals surface area contributed by atoms with Crippen LogP contribution in [0.5, 0.6) is 0 Å². The molecule has 0 aliphatic carbocycles. The SMILES string of the molecule is [c]1c2ccccc2cn1OCc1cccs1. The Hall–Kier alpha value is -1.74. The quantitative estimate of drug-likeness (QED) is 0.671. The lowest BCUT2D eigenvalue weighted by molar-refractivity contribution is 0.0991. The van der Waals surface area contributed by atoms with E-state index in [2.05, 4.69) is 23.7 Å². The van der Waals surface area contributed by atoms with Crippen molar-refractivity contribution in [2.24, 2.45) is 0 Å². The van der Waals surface area contributed by atoms with E-state index in [9.17, 15) is 0 Å². The van der Waals surface area contributed by atoms with Crippen molar-refractivity contribution < 1.29 is 4.84 Å². The molecule has 0 amide bonds. The molecule has 0 spiro atoms. The second-order valence-electron chi connectivity index (χ2n) is 3.51. The lowest BCUT2D eigenvalue weighted by atomic mass is 10.2. The Morgan fingerprint density at radius 1 is 1.19 bits per heavy atom. The van der Waals surface area contributed by atoms with E-state index >= 15 is 0 Å². The Kier molecular flexibility index (Phi) is 2.38. The number of nitrogens with zero attached hydrogens (tertiary/aromatic N) is 1. The first kappa shape index (κ1) is 9.48. The van der Waals surface area contributed by atoms with Crippen molar-refractivity contribution in [3.05, 3.63) is 59.0 Å². The Labute approximate surface area is 97.7 Å². The molecule has 0 saturated heterocycles. The summed E-state index contributed by atoms with van der Waals surface area (Å²) in [6, 6.07) is 12.2. The minimum atomic E-state index is 0.592. The van der Waals surface area contributed by atoms with E-state index in [4.69, 9.17) is 4.84 Å². The first-order valence-electron chi connectivity index (χ1n) is 5.07. The highest BCUT2D eigenvalue weighted by Gasteiger charge is 1.99. The molecule has 79 valence electrons. The maximum atomic E-state index is 5.61. The Morgan fingerprint density at radius 2 is 2.12 bits per heavy atom. The maximum Gasteiger partial charge on any atom is 0.149 e. The van der Waals surface area contributed by atoms with E-state index < -0.39 is 0 Å². The van der Waals surface area contributed by atoms with Crippen LogP contribution in [0.1, 0.15) is 4.88 Å². The molecular weight excluding hydrogens is 218 g/mol. The van der Waals surface area contributed by atoms with Gasteiger partial charge in [-0.25, -0.2) is 0 Å². The zero-order valence-electron chi connectivity index (χ0n) is 8.59. The molecular formula is C13H10NOS. The summed E-state index contributed by atoms with van der Waals surface area (Å²) in [4.78, 5) is 6.82. The van der Waals surface area contributed by atoms with Crippen LogP contribution >= 0.6 is 11.3 Å². The first-order valence-corrected chi connectivity index (χ1v) is 5.95. The van der Waals surface area contributed by atoms with Gasteiger partial charge < -0.3 is 4.84 Å². The molecule has 0 bridgehead atoms. The van der Waals surface area contributed by atoms with Crippen molar-refractivity contribution in [3.8, 4) is 0 Å². The van der Waals surface area contributed by atoms with Gasteiger partial charge in [-0.2, -0.15) is 4.73 Å². The van der Waals surface area contributed by atoms with Gasteiger partial charge in [0.05, 0.1) is 6.20 Å². The largest absolute Gasteiger partial charge is 0.408 e. The second kappa shape index (κ2) is 4.02. The lowest BCUT2D eigenvalue weighted by Gasteiger charge is -2.02. The monoisotopic (exact) mass is 228 g/mol. The van der Waals surface area contributed by atoms with Crippen molar-refractivity contribution >= 4 is 22.1 Å². The zero-order valence-corrected chi connectivity index (χ0v) is 9.41. The molecule has 1 radical (unpaired) electrons. The Bertz CT molecular complexity index is 550. The molecule has 0 aliphatic heterocycles. The molecule has 0 saturated carbocycles. The summed E-state index contributed by atoms with van der Waals surface area (Å²) in [5.74, 6) is 0. The summed E-state index contributed by atoms with van der Waals surface area (Å²) in [6.45, 7) is 0.592. The average Bonchev–Trinajstić information content (AvgIpc) is 2.95. The molecule has 3 heteroatoms. The molecule has 2 heterocycles. The van der Waals surface area contributed by atoms with E-state index in [1.165, 1.54) is 4.88 Å². The average molecular weight is 228 g/mol. The molecule has 0 N–H and O–H groups in total. The van der Waals surface area contributed by atoms with Gasteiger partial charge >= 0.3 is 0 Å². The highest BCUT2D eigenvalue weighted by Crippen LogP contribution is 2.14. The van der Waals surface area contributed by atoms with Crippen LogP contribution in [0.4, 0.5) is 0 Å². The predicted molar refractivity (Wildman–Crippen MR) is 65.4 cm³/mol. The van der Waals surface area contributed by atoms with Gasteiger partial charge in [0.1, 0.15) is 12.8 Å². The summed E-state index contributed by atoms with van der Waals surface area (Å²) < 4.78 is 1.66. The summed E-state index contributed by atoms with van der Waals surface area (Å²) >= 11 is 1.70. The molecule has 1 aromatic carbocycles. The molecule has 3 aromatic rings. The van der Waals surface area contributed by atoms with Gasteiger partial charge in [0.25, 0.3) is 0 Å². The number of hydrogen-bond acceptors (Lipinski definition) is 2. The van der Waals surface area contributed by atoms with Crippen LogP contribution in [0, 0.1) is 6.20 Å². The van der Waals surface area contributed by atoms with Gasteiger partial charge in [-0.05, 0) is 11.4 Å². The van der Waals surface area contributed by atoms with Crippen molar-refractivity contribution in [3.63, 3.8) is 0 Å². The summed E-state index contributed by atoms with van der Waals surface area (Å²) in [6.07, 6.45) is 5.10. The van der Waals surface area contributed by atoms with Gasteiger partial charge in [0.15, 0.2) is 0 Å². The molecule has 3 rings (SSSR count). The third-order valence-corrected chi connectivity index (χ3v) is 3.22. The van der Waals surface area contributed by atoms with Crippen LogP contribution in [-0.4, -0.2) is 4.73 Å². The van der Waals surface area contributed by atoms with E-state index in [1.54, 1.807) is 16.1 Å². The number of fused-ring (bicyclic) bond motifs is 1. The van der Waals surface area contributed by atoms with Crippen LogP contribution in [0.2, 0.25) is 0 Å². The smallest absolute Gasteiger partial charge is 0.149 e. The van der Waals surface area contributed by atoms with E-state index in [1.807, 2.05) is 30.5 Å². The van der Waals surface area contributed by atoms with Crippen LogP contribution in [0.15, 0.2) is 48.0 Å². The number of aromatic nitrogens is 1.